The second-order valence-electron chi connectivity index (χ2n) is 9.38. The van der Waals surface area contributed by atoms with Gasteiger partial charge in [0, 0.05) is 29.2 Å². The number of carbonyl (C=O) groups excluding carboxylic acids is 1. The molecule has 0 aromatic heterocycles. The first-order valence-corrected chi connectivity index (χ1v) is 16.2. The topological polar surface area (TPSA) is 122 Å². The highest BCUT2D eigenvalue weighted by molar-refractivity contribution is 9.10. The number of benzene rings is 3. The van der Waals surface area contributed by atoms with Gasteiger partial charge in [0.1, 0.15) is 5.75 Å². The summed E-state index contributed by atoms with van der Waals surface area (Å²) in [4.78, 5) is 12.9. The number of amides is 1. The van der Waals surface area contributed by atoms with Crippen LogP contribution >= 0.6 is 15.9 Å². The summed E-state index contributed by atoms with van der Waals surface area (Å²) in [6, 6.07) is 18.3. The van der Waals surface area contributed by atoms with E-state index < -0.39 is 20.0 Å². The number of aryl methyl sites for hydroxylation is 1. The Balaban J connectivity index is 1.33. The van der Waals surface area contributed by atoms with Crippen LogP contribution in [0.15, 0.2) is 76.1 Å². The van der Waals surface area contributed by atoms with Crippen LogP contribution in [0.25, 0.3) is 0 Å². The van der Waals surface area contributed by atoms with Gasteiger partial charge in [-0.1, -0.05) is 34.1 Å². The van der Waals surface area contributed by atoms with E-state index in [4.69, 9.17) is 4.74 Å². The molecule has 2 N–H and O–H groups in total. The molecule has 0 saturated carbocycles. The molecule has 1 saturated heterocycles. The molecule has 208 valence electrons. The summed E-state index contributed by atoms with van der Waals surface area (Å²) in [7, 11) is -5.92. The molecule has 0 aliphatic carbocycles. The molecule has 0 radical (unpaired) electrons. The van der Waals surface area contributed by atoms with Gasteiger partial charge in [-0.25, -0.2) is 21.1 Å². The van der Waals surface area contributed by atoms with Crippen LogP contribution in [0.3, 0.4) is 0 Å². The predicted molar refractivity (Wildman–Crippen MR) is 155 cm³/mol. The van der Waals surface area contributed by atoms with Crippen LogP contribution in [-0.4, -0.2) is 47.2 Å². The number of carbonyl (C=O) groups is 1. The number of ether oxygens (including phenoxy) is 1. The smallest absolute Gasteiger partial charge is 0.262 e. The minimum atomic E-state index is -3.88. The van der Waals surface area contributed by atoms with Crippen molar-refractivity contribution in [3.05, 3.63) is 82.3 Å². The van der Waals surface area contributed by atoms with E-state index in [0.717, 1.165) is 10.0 Å². The lowest BCUT2D eigenvalue weighted by atomic mass is 9.97. The van der Waals surface area contributed by atoms with Gasteiger partial charge in [0.25, 0.3) is 10.0 Å². The number of methoxy groups -OCH3 is 1. The normalized spacial score (nSPS) is 15.1. The van der Waals surface area contributed by atoms with Crippen LogP contribution in [0, 0.1) is 12.8 Å². The van der Waals surface area contributed by atoms with Crippen LogP contribution in [0.5, 0.6) is 5.75 Å². The van der Waals surface area contributed by atoms with E-state index in [0.29, 0.717) is 35.5 Å². The molecule has 0 bridgehead atoms. The average molecular weight is 637 g/mol. The minimum Gasteiger partial charge on any atom is -0.495 e. The average Bonchev–Trinajstić information content (AvgIpc) is 2.89. The van der Waals surface area contributed by atoms with Crippen molar-refractivity contribution in [1.29, 1.82) is 0 Å². The van der Waals surface area contributed by atoms with Gasteiger partial charge in [0.2, 0.25) is 15.9 Å². The number of halogens is 1. The van der Waals surface area contributed by atoms with Gasteiger partial charge in [-0.2, -0.15) is 0 Å². The second-order valence-corrected chi connectivity index (χ2v) is 13.9. The van der Waals surface area contributed by atoms with Gasteiger partial charge in [-0.05, 0) is 79.4 Å². The zero-order valence-electron chi connectivity index (χ0n) is 21.6. The van der Waals surface area contributed by atoms with Gasteiger partial charge >= 0.3 is 0 Å². The van der Waals surface area contributed by atoms with Crippen LogP contribution in [0.1, 0.15) is 24.0 Å². The molecule has 1 aliphatic heterocycles. The molecule has 1 amide bonds. The summed E-state index contributed by atoms with van der Waals surface area (Å²) in [5.74, 6) is -0.261. The zero-order valence-corrected chi connectivity index (χ0v) is 24.8. The molecule has 3 aromatic rings. The van der Waals surface area contributed by atoms with Gasteiger partial charge in [0.05, 0.1) is 23.4 Å². The first-order valence-electron chi connectivity index (χ1n) is 12.3. The lowest BCUT2D eigenvalue weighted by Crippen LogP contribution is -2.41. The maximum Gasteiger partial charge on any atom is 0.262 e. The summed E-state index contributed by atoms with van der Waals surface area (Å²) in [5.41, 5.74) is 2.36. The SMILES string of the molecule is COc1ccc(C)cc1NS(=O)(=O)c1ccc(NC(=O)C2CCN(S(=O)(=O)Cc3cccc(Br)c3)CC2)cc1. The highest BCUT2D eigenvalue weighted by Gasteiger charge is 2.31. The van der Waals surface area contributed by atoms with E-state index in [9.17, 15) is 21.6 Å². The summed E-state index contributed by atoms with van der Waals surface area (Å²) in [6.45, 7) is 2.38. The Kier molecular flexibility index (Phi) is 9.00. The van der Waals surface area contributed by atoms with Crippen molar-refractivity contribution < 1.29 is 26.4 Å². The van der Waals surface area contributed by atoms with E-state index in [2.05, 4.69) is 26.0 Å². The number of sulfonamides is 2. The molecule has 1 heterocycles. The van der Waals surface area contributed by atoms with Gasteiger partial charge in [0.15, 0.2) is 0 Å². The maximum absolute atomic E-state index is 12.9. The highest BCUT2D eigenvalue weighted by Crippen LogP contribution is 2.29. The molecule has 39 heavy (non-hydrogen) atoms. The third-order valence-corrected chi connectivity index (χ3v) is 10.2. The first kappa shape index (κ1) is 29.1. The van der Waals surface area contributed by atoms with Crippen LogP contribution in [-0.2, 0) is 30.6 Å². The van der Waals surface area contributed by atoms with E-state index in [1.54, 1.807) is 30.3 Å². The van der Waals surface area contributed by atoms with Crippen LogP contribution in [0.2, 0.25) is 0 Å². The fourth-order valence-corrected chi connectivity index (χ4v) is 7.45. The van der Waals surface area contributed by atoms with Gasteiger partial charge in [-0.3, -0.25) is 9.52 Å². The van der Waals surface area contributed by atoms with E-state index >= 15 is 0 Å². The molecular formula is C27H30BrN3O6S2. The van der Waals surface area contributed by atoms with Crippen molar-refractivity contribution in [3.8, 4) is 5.75 Å². The van der Waals surface area contributed by atoms with Gasteiger partial charge < -0.3 is 10.1 Å². The Morgan fingerprint density at radius 2 is 1.69 bits per heavy atom. The highest BCUT2D eigenvalue weighted by atomic mass is 79.9. The number of anilines is 2. The van der Waals surface area contributed by atoms with Crippen molar-refractivity contribution in [2.45, 2.75) is 30.4 Å². The Hall–Kier alpha value is -2.93. The monoisotopic (exact) mass is 635 g/mol. The summed E-state index contributed by atoms with van der Waals surface area (Å²) < 4.78 is 61.6. The van der Waals surface area contributed by atoms with E-state index in [-0.39, 0.29) is 35.6 Å². The summed E-state index contributed by atoms with van der Waals surface area (Å²) in [6.07, 6.45) is 0.802. The second kappa shape index (κ2) is 12.1. The van der Waals surface area contributed by atoms with Crippen molar-refractivity contribution >= 4 is 53.3 Å². The molecule has 9 nitrogen and oxygen atoms in total. The lowest BCUT2D eigenvalue weighted by Gasteiger charge is -2.30. The van der Waals surface area contributed by atoms with Crippen molar-refractivity contribution in [2.75, 3.05) is 30.2 Å². The van der Waals surface area contributed by atoms with Crippen molar-refractivity contribution in [2.24, 2.45) is 5.92 Å². The summed E-state index contributed by atoms with van der Waals surface area (Å²) in [5, 5.41) is 2.82. The molecule has 12 heteroatoms. The quantitative estimate of drug-likeness (QED) is 0.350. The maximum atomic E-state index is 12.9. The molecule has 1 aliphatic rings. The zero-order chi connectivity index (χ0) is 28.2. The predicted octanol–water partition coefficient (Wildman–Crippen LogP) is 4.75. The largest absolute Gasteiger partial charge is 0.495 e. The van der Waals surface area contributed by atoms with Crippen LogP contribution in [0.4, 0.5) is 11.4 Å². The number of rotatable bonds is 9. The number of hydrogen-bond acceptors (Lipinski definition) is 6. The lowest BCUT2D eigenvalue weighted by molar-refractivity contribution is -0.120. The molecule has 0 atom stereocenters. The molecule has 4 rings (SSSR count). The van der Waals surface area contributed by atoms with Crippen molar-refractivity contribution in [1.82, 2.24) is 4.31 Å². The van der Waals surface area contributed by atoms with Crippen LogP contribution < -0.4 is 14.8 Å². The Labute approximate surface area is 237 Å². The van der Waals surface area contributed by atoms with E-state index in [1.807, 2.05) is 19.1 Å². The van der Waals surface area contributed by atoms with Crippen molar-refractivity contribution in [3.63, 3.8) is 0 Å². The minimum absolute atomic E-state index is 0.0352. The Bertz CT molecular complexity index is 1550. The fourth-order valence-electron chi connectivity index (χ4n) is 4.39. The van der Waals surface area contributed by atoms with E-state index in [1.165, 1.54) is 35.7 Å². The summed E-state index contributed by atoms with van der Waals surface area (Å²) >= 11 is 3.36. The number of hydrogen-bond donors (Lipinski definition) is 2. The Morgan fingerprint density at radius 1 is 1.00 bits per heavy atom. The third-order valence-electron chi connectivity index (χ3n) is 6.49. The number of nitrogens with zero attached hydrogens (tertiary/aromatic N) is 1. The molecule has 1 fully saturated rings. The number of nitrogens with one attached hydrogen (secondary N) is 2. The molecule has 0 spiro atoms. The molecule has 0 unspecified atom stereocenters. The number of piperidine rings is 1. The molecular weight excluding hydrogens is 606 g/mol. The fraction of sp³-hybridized carbons (Fsp3) is 0.296. The molecule has 3 aromatic carbocycles. The Morgan fingerprint density at radius 3 is 2.33 bits per heavy atom. The first-order chi connectivity index (χ1) is 18.5. The third kappa shape index (κ3) is 7.38. The standard InChI is InChI=1S/C27H30BrN3O6S2/c1-19-6-11-26(37-2)25(16-19)30-39(35,36)24-9-7-23(8-10-24)29-27(32)21-12-14-31(15-13-21)38(33,34)18-20-4-3-5-22(28)17-20/h3-11,16-17,21,30H,12-15,18H2,1-2H3,(H,29,32). The van der Waals surface area contributed by atoms with Gasteiger partial charge in [-0.15, -0.1) is 0 Å².